The van der Waals surface area contributed by atoms with Gasteiger partial charge in [-0.15, -0.1) is 0 Å². The van der Waals surface area contributed by atoms with Crippen molar-refractivity contribution in [2.75, 3.05) is 20.1 Å². The van der Waals surface area contributed by atoms with Gasteiger partial charge in [0.05, 0.1) is 13.3 Å². The molecule has 0 radical (unpaired) electrons. The molecule has 8 nitrogen and oxygen atoms in total. The number of hydrazone groups is 1. The molecule has 2 N–H and O–H groups in total. The minimum Gasteiger partial charge on any atom is -0.467 e. The second-order valence-electron chi connectivity index (χ2n) is 8.20. The molecule has 2 atom stereocenters. The zero-order valence-corrected chi connectivity index (χ0v) is 17.9. The first-order valence-electron chi connectivity index (χ1n) is 10.4. The smallest absolute Gasteiger partial charge is 0.298 e. The molecule has 8 heteroatoms. The summed E-state index contributed by atoms with van der Waals surface area (Å²) in [7, 11) is 1.82. The van der Waals surface area contributed by atoms with Gasteiger partial charge >= 0.3 is 0 Å². The molecule has 31 heavy (non-hydrogen) atoms. The minimum atomic E-state index is -0.344. The molecule has 0 aliphatic carbocycles. The second-order valence-corrected chi connectivity index (χ2v) is 8.20. The third-order valence-electron chi connectivity index (χ3n) is 5.11. The lowest BCUT2D eigenvalue weighted by Gasteiger charge is -2.21. The number of carbonyl (C=O) groups excluding carboxylic acids is 2. The summed E-state index contributed by atoms with van der Waals surface area (Å²) >= 11 is 0. The van der Waals surface area contributed by atoms with E-state index >= 15 is 0 Å². The molecule has 0 saturated carbocycles. The van der Waals surface area contributed by atoms with E-state index in [1.807, 2.05) is 57.3 Å². The Bertz CT molecular complexity index is 1070. The van der Waals surface area contributed by atoms with Crippen molar-refractivity contribution in [3.05, 3.63) is 60.2 Å². The van der Waals surface area contributed by atoms with Crippen LogP contribution in [0.1, 0.15) is 37.8 Å². The van der Waals surface area contributed by atoms with Crippen molar-refractivity contribution in [3.8, 4) is 0 Å². The average Bonchev–Trinajstić information content (AvgIpc) is 3.44. The zero-order chi connectivity index (χ0) is 22.0. The van der Waals surface area contributed by atoms with Crippen LogP contribution in [-0.4, -0.2) is 48.7 Å². The maximum Gasteiger partial charge on any atom is 0.298 e. The van der Waals surface area contributed by atoms with Gasteiger partial charge in [0.1, 0.15) is 23.1 Å². The number of para-hydroxylation sites is 1. The van der Waals surface area contributed by atoms with Crippen molar-refractivity contribution < 1.29 is 23.3 Å². The molecule has 3 heterocycles. The quantitative estimate of drug-likeness (QED) is 0.606. The van der Waals surface area contributed by atoms with E-state index in [1.165, 1.54) is 5.01 Å². The van der Waals surface area contributed by atoms with Gasteiger partial charge in [-0.3, -0.25) is 9.59 Å². The fraction of sp³-hybridized carbons (Fsp3) is 0.348. The van der Waals surface area contributed by atoms with Crippen LogP contribution < -0.4 is 10.2 Å². The molecule has 1 aromatic carbocycles. The minimum absolute atomic E-state index is 0.0638. The lowest BCUT2D eigenvalue weighted by Crippen LogP contribution is -3.11. The molecule has 1 aliphatic rings. The van der Waals surface area contributed by atoms with Crippen LogP contribution >= 0.6 is 0 Å². The Morgan fingerprint density at radius 1 is 1.23 bits per heavy atom. The van der Waals surface area contributed by atoms with Crippen LogP contribution in [0.2, 0.25) is 0 Å². The van der Waals surface area contributed by atoms with Crippen LogP contribution in [0.15, 0.2) is 62.7 Å². The van der Waals surface area contributed by atoms with Crippen molar-refractivity contribution in [1.29, 1.82) is 0 Å². The van der Waals surface area contributed by atoms with Crippen LogP contribution in [0.25, 0.3) is 11.0 Å². The Labute approximate surface area is 180 Å². The van der Waals surface area contributed by atoms with E-state index in [0.29, 0.717) is 23.7 Å². The number of hydrogen-bond donors (Lipinski definition) is 2. The van der Waals surface area contributed by atoms with Crippen LogP contribution in [0.4, 0.5) is 0 Å². The predicted molar refractivity (Wildman–Crippen MR) is 116 cm³/mol. The predicted octanol–water partition coefficient (Wildman–Crippen LogP) is 1.74. The van der Waals surface area contributed by atoms with Crippen molar-refractivity contribution in [2.24, 2.45) is 5.10 Å². The summed E-state index contributed by atoms with van der Waals surface area (Å²) in [5.74, 6) is 1.04. The van der Waals surface area contributed by atoms with Gasteiger partial charge in [0.15, 0.2) is 18.8 Å². The highest BCUT2D eigenvalue weighted by molar-refractivity contribution is 6.03. The molecule has 2 amide bonds. The Morgan fingerprint density at radius 2 is 2.03 bits per heavy atom. The van der Waals surface area contributed by atoms with Crippen LogP contribution in [0.3, 0.4) is 0 Å². The first kappa shape index (κ1) is 20.9. The van der Waals surface area contributed by atoms with Crippen molar-refractivity contribution in [3.63, 3.8) is 0 Å². The summed E-state index contributed by atoms with van der Waals surface area (Å²) in [5.41, 5.74) is 1.47. The van der Waals surface area contributed by atoms with Crippen molar-refractivity contribution in [1.82, 2.24) is 10.3 Å². The van der Waals surface area contributed by atoms with Crippen molar-refractivity contribution in [2.45, 2.75) is 32.4 Å². The van der Waals surface area contributed by atoms with Gasteiger partial charge in [-0.25, -0.2) is 5.01 Å². The molecule has 1 unspecified atom stereocenters. The standard InChI is InChI=1S/C23H26N4O4/c1-15(2)24-22(28)13-26(3)14-23(29)27-18(20-9-6-10-30-20)12-17(25-27)21-11-16-7-4-5-8-19(16)31-21/h4-11,15,18H,12-14H2,1-3H3,(H,24,28)/p+1/t18-/m1/s1. The van der Waals surface area contributed by atoms with E-state index in [4.69, 9.17) is 8.83 Å². The van der Waals surface area contributed by atoms with Gasteiger partial charge < -0.3 is 19.1 Å². The number of fused-ring (bicyclic) bond motifs is 1. The summed E-state index contributed by atoms with van der Waals surface area (Å²) < 4.78 is 11.5. The summed E-state index contributed by atoms with van der Waals surface area (Å²) in [4.78, 5) is 25.9. The number of likely N-dealkylation sites (N-methyl/N-ethyl adjacent to an activating group) is 1. The summed E-state index contributed by atoms with van der Waals surface area (Å²) in [6.07, 6.45) is 2.08. The SMILES string of the molecule is CC(C)NC(=O)C[NH+](C)CC(=O)N1N=C(c2cc3ccccc3o2)C[C@@H]1c1ccco1. The van der Waals surface area contributed by atoms with Crippen LogP contribution in [-0.2, 0) is 9.59 Å². The fourth-order valence-corrected chi connectivity index (χ4v) is 3.76. The molecule has 3 aromatic rings. The third-order valence-corrected chi connectivity index (χ3v) is 5.11. The van der Waals surface area contributed by atoms with Gasteiger partial charge in [0.2, 0.25) is 0 Å². The fourth-order valence-electron chi connectivity index (χ4n) is 3.76. The van der Waals surface area contributed by atoms with E-state index in [9.17, 15) is 9.59 Å². The summed E-state index contributed by atoms with van der Waals surface area (Å²) in [6.45, 7) is 4.17. The number of nitrogens with zero attached hydrogens (tertiary/aromatic N) is 2. The number of hydrogen-bond acceptors (Lipinski definition) is 5. The largest absolute Gasteiger partial charge is 0.467 e. The van der Waals surface area contributed by atoms with E-state index < -0.39 is 0 Å². The second kappa shape index (κ2) is 8.77. The number of benzene rings is 1. The Kier molecular flexibility index (Phi) is 5.90. The zero-order valence-electron chi connectivity index (χ0n) is 17.9. The number of nitrogens with one attached hydrogen (secondary N) is 2. The first-order chi connectivity index (χ1) is 14.9. The summed E-state index contributed by atoms with van der Waals surface area (Å²) in [5, 5.41) is 9.90. The van der Waals surface area contributed by atoms with E-state index in [1.54, 1.807) is 12.3 Å². The maximum absolute atomic E-state index is 13.1. The summed E-state index contributed by atoms with van der Waals surface area (Å²) in [6, 6.07) is 13.0. The number of rotatable bonds is 7. The van der Waals surface area contributed by atoms with Gasteiger partial charge in [-0.2, -0.15) is 5.10 Å². The highest BCUT2D eigenvalue weighted by Crippen LogP contribution is 2.34. The Morgan fingerprint density at radius 3 is 2.74 bits per heavy atom. The maximum atomic E-state index is 13.1. The van der Waals surface area contributed by atoms with Gasteiger partial charge in [0.25, 0.3) is 11.8 Å². The molecular weight excluding hydrogens is 396 g/mol. The molecule has 4 rings (SSSR count). The molecule has 0 bridgehead atoms. The number of amides is 2. The lowest BCUT2D eigenvalue weighted by molar-refractivity contribution is -0.863. The molecule has 162 valence electrons. The van der Waals surface area contributed by atoms with Crippen LogP contribution in [0.5, 0.6) is 0 Å². The van der Waals surface area contributed by atoms with Gasteiger partial charge in [0, 0.05) is 17.8 Å². The number of furan rings is 2. The lowest BCUT2D eigenvalue weighted by atomic mass is 10.1. The third kappa shape index (κ3) is 4.69. The Hall–Kier alpha value is -3.39. The first-order valence-corrected chi connectivity index (χ1v) is 10.4. The molecule has 1 aliphatic heterocycles. The van der Waals surface area contributed by atoms with Crippen LogP contribution in [0, 0.1) is 0 Å². The Balaban J connectivity index is 1.53. The van der Waals surface area contributed by atoms with E-state index in [0.717, 1.165) is 15.9 Å². The highest BCUT2D eigenvalue weighted by atomic mass is 16.3. The average molecular weight is 423 g/mol. The number of carbonyl (C=O) groups is 2. The highest BCUT2D eigenvalue weighted by Gasteiger charge is 2.37. The molecule has 2 aromatic heterocycles. The molecule has 0 spiro atoms. The van der Waals surface area contributed by atoms with E-state index in [2.05, 4.69) is 10.4 Å². The topological polar surface area (TPSA) is 92.5 Å². The number of quaternary nitrogens is 1. The molecular formula is C23H27N4O4+. The van der Waals surface area contributed by atoms with E-state index in [-0.39, 0.29) is 37.0 Å². The monoisotopic (exact) mass is 423 g/mol. The molecule has 0 fully saturated rings. The normalized spacial score (nSPS) is 17.2. The molecule has 0 saturated heterocycles. The van der Waals surface area contributed by atoms with Gasteiger partial charge in [-0.1, -0.05) is 18.2 Å². The van der Waals surface area contributed by atoms with Crippen molar-refractivity contribution >= 4 is 28.5 Å². The van der Waals surface area contributed by atoms with Gasteiger partial charge in [-0.05, 0) is 38.1 Å².